The van der Waals surface area contributed by atoms with Crippen LogP contribution in [0.3, 0.4) is 0 Å². The van der Waals surface area contributed by atoms with Crippen molar-refractivity contribution in [1.29, 1.82) is 0 Å². The van der Waals surface area contributed by atoms with Gasteiger partial charge in [-0.15, -0.1) is 0 Å². The first kappa shape index (κ1) is 31.6. The lowest BCUT2D eigenvalue weighted by atomic mass is 9.53. The van der Waals surface area contributed by atoms with Gasteiger partial charge in [0, 0.05) is 29.8 Å². The normalized spacial score (nSPS) is 29.1. The molecule has 250 valence electrons. The lowest BCUT2D eigenvalue weighted by Crippen LogP contribution is -2.61. The standard InChI is InChI=1S/C38H43N5O4S/c44-21-24-4-6-30(7-5-24)34-16-33(22-48-37-40-23-41-43-37)46-35(47-34)31-10-8-29(9-11-31)32-3-1-2-25(15-32)20-39-36(45)42-38-17-26-12-27(18-38)14-28(13-26)19-38/h1-11,15,23,26-28,33-35,44H,12-14,16-22H2,(H2,39,42,45)(H,40,41,43)/t26?,27?,28?,33-,34+,35+,38?/m1/s1. The van der Waals surface area contributed by atoms with Crippen molar-refractivity contribution < 1.29 is 19.4 Å². The monoisotopic (exact) mass is 665 g/mol. The lowest BCUT2D eigenvalue weighted by molar-refractivity contribution is -0.245. The predicted molar refractivity (Wildman–Crippen MR) is 184 cm³/mol. The Morgan fingerprint density at radius 3 is 2.29 bits per heavy atom. The van der Waals surface area contributed by atoms with Crippen LogP contribution >= 0.6 is 11.8 Å². The Labute approximate surface area is 285 Å². The summed E-state index contributed by atoms with van der Waals surface area (Å²) in [5.74, 6) is 3.10. The number of aromatic amines is 1. The molecule has 9 nitrogen and oxygen atoms in total. The third kappa shape index (κ3) is 7.03. The van der Waals surface area contributed by atoms with Crippen molar-refractivity contribution in [1.82, 2.24) is 25.8 Å². The van der Waals surface area contributed by atoms with Gasteiger partial charge in [0.15, 0.2) is 11.4 Å². The third-order valence-electron chi connectivity index (χ3n) is 10.7. The highest BCUT2D eigenvalue weighted by Crippen LogP contribution is 2.55. The maximum absolute atomic E-state index is 13.0. The van der Waals surface area contributed by atoms with Crippen LogP contribution in [-0.4, -0.2) is 43.7 Å². The lowest BCUT2D eigenvalue weighted by Gasteiger charge is -2.56. The number of carbonyl (C=O) groups is 1. The molecule has 2 amide bonds. The molecule has 4 saturated carbocycles. The van der Waals surface area contributed by atoms with Gasteiger partial charge in [-0.25, -0.2) is 9.78 Å². The van der Waals surface area contributed by atoms with Gasteiger partial charge >= 0.3 is 6.03 Å². The number of aliphatic hydroxyl groups excluding tert-OH is 1. The van der Waals surface area contributed by atoms with Crippen molar-refractivity contribution in [2.45, 2.75) is 87.3 Å². The SMILES string of the molecule is O=C(NCc1cccc(-c2ccc([C@H]3O[C@@H](CSc4ncn[nH]4)C[C@@H](c4ccc(CO)cc4)O3)cc2)c1)NC12CC3CC(CC(C3)C1)C2. The molecule has 2 heterocycles. The van der Waals surface area contributed by atoms with E-state index in [-0.39, 0.29) is 30.4 Å². The van der Waals surface area contributed by atoms with Crippen LogP contribution in [-0.2, 0) is 22.6 Å². The molecule has 9 rings (SSSR count). The fourth-order valence-electron chi connectivity index (χ4n) is 8.88. The van der Waals surface area contributed by atoms with Gasteiger partial charge in [-0.2, -0.15) is 5.10 Å². The first-order valence-corrected chi connectivity index (χ1v) is 18.2. The van der Waals surface area contributed by atoms with E-state index in [4.69, 9.17) is 9.47 Å². The van der Waals surface area contributed by atoms with E-state index >= 15 is 0 Å². The van der Waals surface area contributed by atoms with Crippen LogP contribution in [0, 0.1) is 17.8 Å². The number of H-pyrrole nitrogens is 1. The summed E-state index contributed by atoms with van der Waals surface area (Å²) in [6.07, 6.45) is 9.00. The molecule has 0 radical (unpaired) electrons. The topological polar surface area (TPSA) is 121 Å². The highest BCUT2D eigenvalue weighted by Gasteiger charge is 2.51. The summed E-state index contributed by atoms with van der Waals surface area (Å²) >= 11 is 1.58. The van der Waals surface area contributed by atoms with Gasteiger partial charge in [0.1, 0.15) is 6.33 Å². The maximum Gasteiger partial charge on any atom is 0.315 e. The summed E-state index contributed by atoms with van der Waals surface area (Å²) in [5, 5.41) is 23.7. The van der Waals surface area contributed by atoms with Crippen molar-refractivity contribution >= 4 is 17.8 Å². The van der Waals surface area contributed by atoms with Gasteiger partial charge in [0.2, 0.25) is 0 Å². The number of aliphatic hydroxyl groups is 1. The minimum Gasteiger partial charge on any atom is -0.392 e. The molecule has 3 atom stereocenters. The molecule has 1 aromatic heterocycles. The quantitative estimate of drug-likeness (QED) is 0.134. The number of hydrogen-bond donors (Lipinski definition) is 4. The molecule has 1 aliphatic heterocycles. The zero-order chi connectivity index (χ0) is 32.5. The number of rotatable bonds is 10. The fourth-order valence-corrected chi connectivity index (χ4v) is 9.68. The Bertz CT molecular complexity index is 1660. The first-order valence-electron chi connectivity index (χ1n) is 17.2. The predicted octanol–water partition coefficient (Wildman–Crippen LogP) is 7.07. The highest BCUT2D eigenvalue weighted by molar-refractivity contribution is 7.99. The molecule has 0 spiro atoms. The van der Waals surface area contributed by atoms with E-state index in [0.29, 0.717) is 18.7 Å². The molecule has 10 heteroatoms. The van der Waals surface area contributed by atoms with Crippen LogP contribution in [0.1, 0.15) is 79.6 Å². The third-order valence-corrected chi connectivity index (χ3v) is 11.7. The van der Waals surface area contributed by atoms with Gasteiger partial charge in [-0.05, 0) is 90.2 Å². The smallest absolute Gasteiger partial charge is 0.315 e. The van der Waals surface area contributed by atoms with Crippen molar-refractivity contribution in [2.24, 2.45) is 17.8 Å². The van der Waals surface area contributed by atoms with Crippen LogP contribution < -0.4 is 10.6 Å². The van der Waals surface area contributed by atoms with E-state index in [1.165, 1.54) is 25.6 Å². The number of nitrogens with zero attached hydrogens (tertiary/aromatic N) is 2. The number of amides is 2. The average molecular weight is 666 g/mol. The van der Waals surface area contributed by atoms with Crippen LogP contribution in [0.15, 0.2) is 84.3 Å². The summed E-state index contributed by atoms with van der Waals surface area (Å²) in [4.78, 5) is 17.3. The van der Waals surface area contributed by atoms with E-state index in [2.05, 4.69) is 68.3 Å². The van der Waals surface area contributed by atoms with Crippen LogP contribution in [0.5, 0.6) is 0 Å². The molecule has 48 heavy (non-hydrogen) atoms. The molecule has 4 aromatic rings. The largest absolute Gasteiger partial charge is 0.392 e. The summed E-state index contributed by atoms with van der Waals surface area (Å²) in [5.41, 5.74) is 6.13. The number of ether oxygens (including phenoxy) is 2. The molecule has 4 bridgehead atoms. The number of aromatic nitrogens is 3. The fraction of sp³-hybridized carbons (Fsp3) is 0.447. The Kier molecular flexibility index (Phi) is 8.98. The summed E-state index contributed by atoms with van der Waals surface area (Å²) in [6, 6.07) is 24.6. The Morgan fingerprint density at radius 1 is 0.875 bits per heavy atom. The highest BCUT2D eigenvalue weighted by atomic mass is 32.2. The Balaban J connectivity index is 0.917. The van der Waals surface area contributed by atoms with E-state index in [9.17, 15) is 9.90 Å². The molecule has 4 N–H and O–H groups in total. The maximum atomic E-state index is 13.0. The molecule has 4 aliphatic carbocycles. The molecule has 3 aromatic carbocycles. The van der Waals surface area contributed by atoms with Crippen molar-refractivity contribution in [2.75, 3.05) is 5.75 Å². The molecule has 5 fully saturated rings. The number of benzene rings is 3. The minimum absolute atomic E-state index is 0.00843. The Hall–Kier alpha value is -3.70. The second kappa shape index (κ2) is 13.7. The van der Waals surface area contributed by atoms with E-state index in [1.54, 1.807) is 11.8 Å². The minimum atomic E-state index is -0.529. The second-order valence-corrected chi connectivity index (χ2v) is 15.3. The molecular formula is C38H43N5O4S. The van der Waals surface area contributed by atoms with Crippen molar-refractivity contribution in [3.8, 4) is 11.1 Å². The Morgan fingerprint density at radius 2 is 1.60 bits per heavy atom. The summed E-state index contributed by atoms with van der Waals surface area (Å²) in [7, 11) is 0. The van der Waals surface area contributed by atoms with E-state index < -0.39 is 6.29 Å². The van der Waals surface area contributed by atoms with E-state index in [0.717, 1.165) is 75.6 Å². The van der Waals surface area contributed by atoms with Gasteiger partial charge in [0.05, 0.1) is 18.8 Å². The van der Waals surface area contributed by atoms with E-state index in [1.807, 2.05) is 30.3 Å². The first-order chi connectivity index (χ1) is 23.5. The molecule has 0 unspecified atom stereocenters. The average Bonchev–Trinajstić information content (AvgIpc) is 3.63. The second-order valence-electron chi connectivity index (χ2n) is 14.3. The van der Waals surface area contributed by atoms with Crippen LogP contribution in [0.25, 0.3) is 11.1 Å². The van der Waals surface area contributed by atoms with Crippen LogP contribution in [0.4, 0.5) is 4.79 Å². The van der Waals surface area contributed by atoms with Crippen molar-refractivity contribution in [3.05, 3.63) is 101 Å². The number of nitrogens with one attached hydrogen (secondary N) is 3. The van der Waals surface area contributed by atoms with Crippen LogP contribution in [0.2, 0.25) is 0 Å². The number of thioether (sulfide) groups is 1. The molecular weight excluding hydrogens is 623 g/mol. The zero-order valence-corrected chi connectivity index (χ0v) is 27.8. The van der Waals surface area contributed by atoms with Gasteiger partial charge in [0.25, 0.3) is 0 Å². The van der Waals surface area contributed by atoms with Gasteiger partial charge < -0.3 is 25.2 Å². The summed E-state index contributed by atoms with van der Waals surface area (Å²) < 4.78 is 13.0. The number of urea groups is 1. The van der Waals surface area contributed by atoms with Gasteiger partial charge in [-0.1, -0.05) is 78.5 Å². The van der Waals surface area contributed by atoms with Gasteiger partial charge in [-0.3, -0.25) is 5.10 Å². The number of carbonyl (C=O) groups excluding carboxylic acids is 1. The van der Waals surface area contributed by atoms with Crippen molar-refractivity contribution in [3.63, 3.8) is 0 Å². The zero-order valence-electron chi connectivity index (χ0n) is 27.0. The summed E-state index contributed by atoms with van der Waals surface area (Å²) in [6.45, 7) is 0.499. The molecule has 5 aliphatic rings. The molecule has 1 saturated heterocycles. The number of hydrogen-bond acceptors (Lipinski definition) is 7.